The van der Waals surface area contributed by atoms with E-state index in [9.17, 15) is 13.2 Å². The molecule has 0 aromatic heterocycles. The van der Waals surface area contributed by atoms with Crippen molar-refractivity contribution in [2.75, 3.05) is 20.2 Å². The number of ether oxygens (including phenoxy) is 1. The second-order valence-electron chi connectivity index (χ2n) is 8.39. The maximum Gasteiger partial charge on any atom is 0.224 e. The Balaban J connectivity index is 1.68. The summed E-state index contributed by atoms with van der Waals surface area (Å²) in [4.78, 5) is 13.1. The highest BCUT2D eigenvalue weighted by Crippen LogP contribution is 2.28. The molecule has 1 heterocycles. The summed E-state index contributed by atoms with van der Waals surface area (Å²) < 4.78 is 32.8. The molecule has 1 aliphatic rings. The van der Waals surface area contributed by atoms with Gasteiger partial charge in [-0.3, -0.25) is 4.79 Å². The van der Waals surface area contributed by atoms with Crippen molar-refractivity contribution >= 4 is 39.1 Å². The molecule has 0 spiro atoms. The minimum atomic E-state index is -3.63. The summed E-state index contributed by atoms with van der Waals surface area (Å²) in [7, 11) is -2.00. The highest BCUT2D eigenvalue weighted by molar-refractivity contribution is 7.88. The lowest BCUT2D eigenvalue weighted by atomic mass is 9.96. The zero-order valence-electron chi connectivity index (χ0n) is 19.1. The maximum absolute atomic E-state index is 13.1. The van der Waals surface area contributed by atoms with Crippen LogP contribution in [0.2, 0.25) is 10.0 Å². The first-order chi connectivity index (χ1) is 15.6. The molecule has 2 unspecified atom stereocenters. The molecule has 9 heteroatoms. The molecule has 1 aliphatic heterocycles. The molecule has 2 atom stereocenters. The zero-order chi connectivity index (χ0) is 24.2. The third-order valence-corrected chi connectivity index (χ3v) is 8.43. The number of nitrogens with zero attached hydrogens (tertiary/aromatic N) is 1. The van der Waals surface area contributed by atoms with E-state index in [2.05, 4.69) is 5.32 Å². The van der Waals surface area contributed by atoms with Crippen molar-refractivity contribution in [1.82, 2.24) is 9.62 Å². The number of hydrogen-bond acceptors (Lipinski definition) is 4. The third-order valence-electron chi connectivity index (χ3n) is 6.05. The van der Waals surface area contributed by atoms with E-state index < -0.39 is 15.9 Å². The molecule has 33 heavy (non-hydrogen) atoms. The monoisotopic (exact) mass is 512 g/mol. The van der Waals surface area contributed by atoms with Crippen LogP contribution in [0.15, 0.2) is 36.4 Å². The van der Waals surface area contributed by atoms with E-state index in [4.69, 9.17) is 27.9 Å². The van der Waals surface area contributed by atoms with Gasteiger partial charge in [-0.25, -0.2) is 12.7 Å². The van der Waals surface area contributed by atoms with Crippen molar-refractivity contribution in [2.24, 2.45) is 5.92 Å². The van der Waals surface area contributed by atoms with Gasteiger partial charge in [-0.2, -0.15) is 0 Å². The number of methoxy groups -OCH3 is 1. The first kappa shape index (κ1) is 25.8. The zero-order valence-corrected chi connectivity index (χ0v) is 21.4. The van der Waals surface area contributed by atoms with Gasteiger partial charge in [-0.15, -0.1) is 0 Å². The second-order valence-corrected chi connectivity index (χ2v) is 11.2. The van der Waals surface area contributed by atoms with Crippen LogP contribution >= 0.6 is 23.2 Å². The number of aryl methyl sites for hydroxylation is 1. The molecule has 1 amide bonds. The van der Waals surface area contributed by atoms with Gasteiger partial charge in [-0.05, 0) is 61.1 Å². The van der Waals surface area contributed by atoms with Crippen molar-refractivity contribution in [1.29, 1.82) is 0 Å². The Morgan fingerprint density at radius 2 is 2.00 bits per heavy atom. The summed E-state index contributed by atoms with van der Waals surface area (Å²) in [6.07, 6.45) is 2.00. The van der Waals surface area contributed by atoms with E-state index in [1.165, 1.54) is 10.4 Å². The lowest BCUT2D eigenvalue weighted by Crippen LogP contribution is -2.46. The fourth-order valence-electron chi connectivity index (χ4n) is 4.16. The normalized spacial score (nSPS) is 18.0. The molecule has 1 saturated heterocycles. The molecule has 0 bridgehead atoms. The van der Waals surface area contributed by atoms with E-state index in [0.29, 0.717) is 35.0 Å². The quantitative estimate of drug-likeness (QED) is 0.532. The van der Waals surface area contributed by atoms with Crippen LogP contribution in [0.4, 0.5) is 0 Å². The van der Waals surface area contributed by atoms with Crippen molar-refractivity contribution in [2.45, 2.75) is 44.9 Å². The third kappa shape index (κ3) is 6.41. The highest BCUT2D eigenvalue weighted by atomic mass is 35.5. The van der Waals surface area contributed by atoms with Crippen molar-refractivity contribution in [3.63, 3.8) is 0 Å². The van der Waals surface area contributed by atoms with Crippen molar-refractivity contribution in [3.8, 4) is 5.75 Å². The molecular formula is C24H30Cl2N2O4S. The average molecular weight is 513 g/mol. The Hall–Kier alpha value is -1.80. The smallest absolute Gasteiger partial charge is 0.224 e. The van der Waals surface area contributed by atoms with E-state index in [1.807, 2.05) is 32.0 Å². The number of carbonyl (C=O) groups excluding carboxylic acids is 1. The van der Waals surface area contributed by atoms with Crippen LogP contribution in [0, 0.1) is 12.8 Å². The van der Waals surface area contributed by atoms with Gasteiger partial charge in [0, 0.05) is 23.1 Å². The van der Waals surface area contributed by atoms with Gasteiger partial charge in [0.2, 0.25) is 15.9 Å². The minimum absolute atomic E-state index is 0.125. The Bertz CT molecular complexity index is 1110. The number of halogens is 2. The molecular weight excluding hydrogens is 483 g/mol. The Morgan fingerprint density at radius 1 is 1.24 bits per heavy atom. The van der Waals surface area contributed by atoms with Crippen LogP contribution in [0.1, 0.15) is 48.9 Å². The highest BCUT2D eigenvalue weighted by Gasteiger charge is 2.33. The summed E-state index contributed by atoms with van der Waals surface area (Å²) in [6, 6.07) is 10.5. The summed E-state index contributed by atoms with van der Waals surface area (Å²) in [6.45, 7) is 4.54. The van der Waals surface area contributed by atoms with Gasteiger partial charge in [0.25, 0.3) is 0 Å². The van der Waals surface area contributed by atoms with Gasteiger partial charge >= 0.3 is 0 Å². The predicted molar refractivity (Wildman–Crippen MR) is 132 cm³/mol. The molecule has 2 aromatic rings. The van der Waals surface area contributed by atoms with E-state index in [1.54, 1.807) is 19.2 Å². The number of benzene rings is 2. The van der Waals surface area contributed by atoms with Gasteiger partial charge < -0.3 is 10.1 Å². The van der Waals surface area contributed by atoms with Gasteiger partial charge in [0.05, 0.1) is 24.8 Å². The van der Waals surface area contributed by atoms with E-state index >= 15 is 0 Å². The minimum Gasteiger partial charge on any atom is -0.496 e. The number of piperidine rings is 1. The second kappa shape index (κ2) is 11.1. The molecule has 2 aromatic carbocycles. The van der Waals surface area contributed by atoms with Gasteiger partial charge in [-0.1, -0.05) is 48.3 Å². The summed E-state index contributed by atoms with van der Waals surface area (Å²) in [5, 5.41) is 3.89. The van der Waals surface area contributed by atoms with Crippen LogP contribution in [-0.2, 0) is 20.6 Å². The molecule has 0 saturated carbocycles. The van der Waals surface area contributed by atoms with E-state index in [-0.39, 0.29) is 24.2 Å². The summed E-state index contributed by atoms with van der Waals surface area (Å²) in [5.41, 5.74) is 2.49. The van der Waals surface area contributed by atoms with Gasteiger partial charge in [0.1, 0.15) is 5.75 Å². The Kier molecular flexibility index (Phi) is 8.67. The number of nitrogens with one attached hydrogen (secondary N) is 1. The number of carbonyl (C=O) groups is 1. The summed E-state index contributed by atoms with van der Waals surface area (Å²) >= 11 is 12.1. The summed E-state index contributed by atoms with van der Waals surface area (Å²) in [5.74, 6) is 0.0521. The van der Waals surface area contributed by atoms with Gasteiger partial charge in [0.15, 0.2) is 0 Å². The lowest BCUT2D eigenvalue weighted by Gasteiger charge is -2.32. The van der Waals surface area contributed by atoms with Crippen molar-refractivity contribution < 1.29 is 17.9 Å². The van der Waals surface area contributed by atoms with Crippen LogP contribution in [0.3, 0.4) is 0 Å². The van der Waals surface area contributed by atoms with Crippen molar-refractivity contribution in [3.05, 3.63) is 63.1 Å². The topological polar surface area (TPSA) is 75.7 Å². The standard InChI is InChI=1S/C24H30Cl2N2O4S/c1-4-22(17-8-10-23(32-3)16(2)12-17)27-24(29)18-6-5-11-28(14-18)33(30,31)15-19-7-9-20(25)13-21(19)26/h7-10,12-13,18,22H,4-6,11,14-15H2,1-3H3,(H,27,29). The SMILES string of the molecule is CCC(NC(=O)C1CCCN(S(=O)(=O)Cc2ccc(Cl)cc2Cl)C1)c1ccc(OC)c(C)c1. The molecule has 180 valence electrons. The van der Waals surface area contributed by atoms with Crippen LogP contribution in [-0.4, -0.2) is 38.8 Å². The lowest BCUT2D eigenvalue weighted by molar-refractivity contribution is -0.126. The Morgan fingerprint density at radius 3 is 2.64 bits per heavy atom. The molecule has 3 rings (SSSR count). The number of sulfonamides is 1. The molecule has 1 fully saturated rings. The Labute approximate surface area is 206 Å². The maximum atomic E-state index is 13.1. The number of rotatable bonds is 8. The number of hydrogen-bond donors (Lipinski definition) is 1. The molecule has 1 N–H and O–H groups in total. The first-order valence-corrected chi connectivity index (χ1v) is 13.4. The van der Waals surface area contributed by atoms with Crippen LogP contribution in [0.25, 0.3) is 0 Å². The van der Waals surface area contributed by atoms with Crippen LogP contribution in [0.5, 0.6) is 5.75 Å². The fraction of sp³-hybridized carbons (Fsp3) is 0.458. The molecule has 0 radical (unpaired) electrons. The largest absolute Gasteiger partial charge is 0.496 e. The first-order valence-electron chi connectivity index (χ1n) is 11.0. The van der Waals surface area contributed by atoms with E-state index in [0.717, 1.165) is 23.3 Å². The number of amides is 1. The predicted octanol–water partition coefficient (Wildman–Crippen LogP) is 5.12. The molecule has 0 aliphatic carbocycles. The molecule has 6 nitrogen and oxygen atoms in total. The van der Waals surface area contributed by atoms with Crippen LogP contribution < -0.4 is 10.1 Å². The average Bonchev–Trinajstić information content (AvgIpc) is 2.79. The fourth-order valence-corrected chi connectivity index (χ4v) is 6.36.